The molecule has 0 bridgehead atoms. The van der Waals surface area contributed by atoms with E-state index in [1.165, 1.54) is 12.1 Å². The minimum absolute atomic E-state index is 0.00232. The number of carbonyl (C=O) groups is 2. The molecule has 2 N–H and O–H groups in total. The molecule has 1 amide bonds. The molecular weight excluding hydrogens is 383 g/mol. The van der Waals surface area contributed by atoms with Crippen molar-refractivity contribution in [2.75, 3.05) is 18.4 Å². The van der Waals surface area contributed by atoms with Gasteiger partial charge in [0, 0.05) is 16.8 Å². The van der Waals surface area contributed by atoms with Gasteiger partial charge in [-0.3, -0.25) is 14.5 Å². The van der Waals surface area contributed by atoms with Crippen LogP contribution in [-0.4, -0.2) is 35.0 Å². The van der Waals surface area contributed by atoms with Gasteiger partial charge in [-0.05, 0) is 54.8 Å². The molecule has 7 heteroatoms. The third-order valence-electron chi connectivity index (χ3n) is 5.14. The highest BCUT2D eigenvalue weighted by Crippen LogP contribution is 2.40. The van der Waals surface area contributed by atoms with Crippen molar-refractivity contribution in [2.45, 2.75) is 19.4 Å². The number of carbonyl (C=O) groups excluding carboxylic acids is 1. The van der Waals surface area contributed by atoms with Crippen LogP contribution in [0, 0.1) is 17.7 Å². The summed E-state index contributed by atoms with van der Waals surface area (Å²) >= 11 is 6.00. The second-order valence-electron chi connectivity index (χ2n) is 7.16. The smallest absolute Gasteiger partial charge is 0.317 e. The van der Waals surface area contributed by atoms with E-state index in [-0.39, 0.29) is 18.4 Å². The Morgan fingerprint density at radius 1 is 1.25 bits per heavy atom. The molecule has 1 aliphatic heterocycles. The topological polar surface area (TPSA) is 69.6 Å². The van der Waals surface area contributed by atoms with E-state index in [2.05, 4.69) is 5.32 Å². The highest BCUT2D eigenvalue weighted by molar-refractivity contribution is 6.30. The van der Waals surface area contributed by atoms with Crippen LogP contribution in [0.15, 0.2) is 48.5 Å². The first-order chi connectivity index (χ1) is 13.3. The Bertz CT molecular complexity index is 876. The van der Waals surface area contributed by atoms with Gasteiger partial charge in [-0.1, -0.05) is 36.7 Å². The standard InChI is InChI=1S/C21H22ClFN2O3/c1-13-8-9-25(12-18(26)27)20(14-4-2-6-16(23)10-14)19(13)21(28)24-17-7-3-5-15(22)11-17/h2-7,10-11,13,19-20H,8-9,12H2,1H3,(H,24,28)(H,26,27)/t13?,19?,20-/m1/s1. The molecule has 28 heavy (non-hydrogen) atoms. The van der Waals surface area contributed by atoms with E-state index in [4.69, 9.17) is 11.6 Å². The van der Waals surface area contributed by atoms with Gasteiger partial charge in [-0.25, -0.2) is 4.39 Å². The monoisotopic (exact) mass is 404 g/mol. The van der Waals surface area contributed by atoms with Crippen LogP contribution in [-0.2, 0) is 9.59 Å². The Morgan fingerprint density at radius 2 is 2.00 bits per heavy atom. The van der Waals surface area contributed by atoms with E-state index in [1.807, 2.05) is 6.92 Å². The van der Waals surface area contributed by atoms with Gasteiger partial charge in [0.05, 0.1) is 12.5 Å². The Balaban J connectivity index is 1.95. The molecule has 0 saturated carbocycles. The average Bonchev–Trinajstić information content (AvgIpc) is 2.62. The van der Waals surface area contributed by atoms with Gasteiger partial charge in [-0.2, -0.15) is 0 Å². The summed E-state index contributed by atoms with van der Waals surface area (Å²) < 4.78 is 13.9. The van der Waals surface area contributed by atoms with E-state index in [1.54, 1.807) is 41.3 Å². The third-order valence-corrected chi connectivity index (χ3v) is 5.38. The second kappa shape index (κ2) is 8.71. The van der Waals surface area contributed by atoms with Crippen LogP contribution in [0.1, 0.15) is 24.9 Å². The first kappa shape index (κ1) is 20.3. The predicted molar refractivity (Wildman–Crippen MR) is 106 cm³/mol. The fourth-order valence-corrected chi connectivity index (χ4v) is 4.07. The van der Waals surface area contributed by atoms with E-state index in [9.17, 15) is 19.1 Å². The van der Waals surface area contributed by atoms with E-state index >= 15 is 0 Å². The Morgan fingerprint density at radius 3 is 2.68 bits per heavy atom. The van der Waals surface area contributed by atoms with Crippen LogP contribution >= 0.6 is 11.6 Å². The summed E-state index contributed by atoms with van der Waals surface area (Å²) in [4.78, 5) is 26.3. The maximum Gasteiger partial charge on any atom is 0.317 e. The maximum atomic E-state index is 13.9. The molecule has 3 atom stereocenters. The van der Waals surface area contributed by atoms with Crippen molar-refractivity contribution in [3.63, 3.8) is 0 Å². The molecule has 0 radical (unpaired) electrons. The zero-order valence-electron chi connectivity index (χ0n) is 15.4. The fraction of sp³-hybridized carbons (Fsp3) is 0.333. The molecule has 5 nitrogen and oxygen atoms in total. The molecule has 3 rings (SSSR count). The molecule has 1 saturated heterocycles. The zero-order valence-corrected chi connectivity index (χ0v) is 16.2. The number of amides is 1. The molecule has 1 fully saturated rings. The number of hydrogen-bond acceptors (Lipinski definition) is 3. The lowest BCUT2D eigenvalue weighted by atomic mass is 9.77. The highest BCUT2D eigenvalue weighted by Gasteiger charge is 2.42. The van der Waals surface area contributed by atoms with Gasteiger partial charge in [0.25, 0.3) is 0 Å². The van der Waals surface area contributed by atoms with Crippen molar-refractivity contribution in [2.24, 2.45) is 11.8 Å². The molecule has 2 unspecified atom stereocenters. The predicted octanol–water partition coefficient (Wildman–Crippen LogP) is 4.20. The number of likely N-dealkylation sites (tertiary alicyclic amines) is 1. The van der Waals surface area contributed by atoms with Crippen LogP contribution in [0.2, 0.25) is 5.02 Å². The summed E-state index contributed by atoms with van der Waals surface area (Å²) in [5, 5.41) is 12.7. The quantitative estimate of drug-likeness (QED) is 0.783. The van der Waals surface area contributed by atoms with E-state index < -0.39 is 23.7 Å². The number of nitrogens with one attached hydrogen (secondary N) is 1. The van der Waals surface area contributed by atoms with Gasteiger partial charge < -0.3 is 10.4 Å². The Hall–Kier alpha value is -2.44. The number of benzene rings is 2. The van der Waals surface area contributed by atoms with Crippen LogP contribution in [0.25, 0.3) is 0 Å². The molecule has 0 aromatic heterocycles. The molecule has 1 aliphatic rings. The van der Waals surface area contributed by atoms with Gasteiger partial charge in [0.15, 0.2) is 0 Å². The molecule has 0 spiro atoms. The molecule has 2 aromatic rings. The summed E-state index contributed by atoms with van der Waals surface area (Å²) in [5.74, 6) is -2.17. The Kier molecular flexibility index (Phi) is 6.31. The number of halogens is 2. The van der Waals surface area contributed by atoms with Crippen molar-refractivity contribution < 1.29 is 19.1 Å². The SMILES string of the molecule is CC1CCN(CC(=O)O)[C@H](c2cccc(F)c2)C1C(=O)Nc1cccc(Cl)c1. The van der Waals surface area contributed by atoms with Crippen molar-refractivity contribution in [1.82, 2.24) is 4.90 Å². The number of aliphatic carboxylic acids is 1. The lowest BCUT2D eigenvalue weighted by Crippen LogP contribution is -2.48. The Labute approximate surface area is 168 Å². The summed E-state index contributed by atoms with van der Waals surface area (Å²) in [7, 11) is 0. The number of rotatable bonds is 5. The number of anilines is 1. The van der Waals surface area contributed by atoms with Crippen LogP contribution in [0.5, 0.6) is 0 Å². The summed E-state index contributed by atoms with van der Waals surface area (Å²) in [6.45, 7) is 2.27. The van der Waals surface area contributed by atoms with Gasteiger partial charge in [0.1, 0.15) is 5.82 Å². The molecular formula is C21H22ClFN2O3. The lowest BCUT2D eigenvalue weighted by Gasteiger charge is -2.43. The second-order valence-corrected chi connectivity index (χ2v) is 7.59. The third kappa shape index (κ3) is 4.69. The number of hydrogen-bond donors (Lipinski definition) is 2. The molecule has 0 aliphatic carbocycles. The number of piperidine rings is 1. The molecule has 1 heterocycles. The average molecular weight is 405 g/mol. The van der Waals surface area contributed by atoms with Crippen LogP contribution < -0.4 is 5.32 Å². The number of nitrogens with zero attached hydrogens (tertiary/aromatic N) is 1. The van der Waals surface area contributed by atoms with E-state index in [0.29, 0.717) is 29.2 Å². The van der Waals surface area contributed by atoms with Crippen LogP contribution in [0.4, 0.5) is 10.1 Å². The minimum atomic E-state index is -0.982. The summed E-state index contributed by atoms with van der Waals surface area (Å²) in [6.07, 6.45) is 0.673. The highest BCUT2D eigenvalue weighted by atomic mass is 35.5. The zero-order chi connectivity index (χ0) is 20.3. The van der Waals surface area contributed by atoms with Gasteiger partial charge in [-0.15, -0.1) is 0 Å². The maximum absolute atomic E-state index is 13.9. The van der Waals surface area contributed by atoms with Crippen molar-refractivity contribution in [3.05, 3.63) is 64.9 Å². The minimum Gasteiger partial charge on any atom is -0.480 e. The fourth-order valence-electron chi connectivity index (χ4n) is 3.88. The molecule has 148 valence electrons. The van der Waals surface area contributed by atoms with Gasteiger partial charge in [0.2, 0.25) is 5.91 Å². The van der Waals surface area contributed by atoms with Gasteiger partial charge >= 0.3 is 5.97 Å². The summed E-state index contributed by atoms with van der Waals surface area (Å²) in [6, 6.07) is 12.3. The normalized spacial score (nSPS) is 22.6. The van der Waals surface area contributed by atoms with Crippen molar-refractivity contribution in [3.8, 4) is 0 Å². The van der Waals surface area contributed by atoms with Crippen LogP contribution in [0.3, 0.4) is 0 Å². The number of carboxylic acids is 1. The molecule has 2 aromatic carbocycles. The lowest BCUT2D eigenvalue weighted by molar-refractivity contribution is -0.142. The van der Waals surface area contributed by atoms with Crippen molar-refractivity contribution in [1.29, 1.82) is 0 Å². The first-order valence-electron chi connectivity index (χ1n) is 9.13. The summed E-state index contributed by atoms with van der Waals surface area (Å²) in [5.41, 5.74) is 1.16. The largest absolute Gasteiger partial charge is 0.480 e. The first-order valence-corrected chi connectivity index (χ1v) is 9.50. The van der Waals surface area contributed by atoms with E-state index in [0.717, 1.165) is 0 Å². The van der Waals surface area contributed by atoms with Crippen molar-refractivity contribution >= 4 is 29.2 Å². The number of carboxylic acid groups (broad SMARTS) is 1.